The molecule has 0 N–H and O–H groups in total. The third-order valence-corrected chi connectivity index (χ3v) is 3.51. The lowest BCUT2D eigenvalue weighted by Gasteiger charge is -2.26. The fourth-order valence-electron chi connectivity index (χ4n) is 2.55. The van der Waals surface area contributed by atoms with Gasteiger partial charge in [-0.25, -0.2) is 0 Å². The van der Waals surface area contributed by atoms with Gasteiger partial charge in [0.15, 0.2) is 11.5 Å². The summed E-state index contributed by atoms with van der Waals surface area (Å²) in [6.45, 7) is 1.91. The molecule has 1 aromatic carbocycles. The van der Waals surface area contributed by atoms with Gasteiger partial charge in [-0.15, -0.1) is 0 Å². The van der Waals surface area contributed by atoms with Crippen molar-refractivity contribution in [2.75, 3.05) is 21.3 Å². The van der Waals surface area contributed by atoms with Crippen LogP contribution in [0.3, 0.4) is 0 Å². The first kappa shape index (κ1) is 12.7. The second kappa shape index (κ2) is 4.88. The molecule has 98 valence electrons. The summed E-state index contributed by atoms with van der Waals surface area (Å²) in [6, 6.07) is 1.94. The maximum absolute atomic E-state index is 11.9. The average molecular weight is 250 g/mol. The first-order valence-corrected chi connectivity index (χ1v) is 5.98. The van der Waals surface area contributed by atoms with Crippen LogP contribution in [-0.2, 0) is 11.2 Å². The molecule has 0 saturated carbocycles. The molecule has 0 aromatic heterocycles. The predicted molar refractivity (Wildman–Crippen MR) is 67.8 cm³/mol. The second-order valence-corrected chi connectivity index (χ2v) is 4.41. The minimum absolute atomic E-state index is 0.150. The number of aryl methyl sites for hydroxylation is 1. The summed E-state index contributed by atoms with van der Waals surface area (Å²) >= 11 is 0. The summed E-state index contributed by atoms with van der Waals surface area (Å²) in [5.74, 6) is 1.92. The number of carbonyl (C=O) groups excluding carboxylic acids is 1. The van der Waals surface area contributed by atoms with Crippen molar-refractivity contribution in [2.24, 2.45) is 0 Å². The Morgan fingerprint density at radius 3 is 2.28 bits per heavy atom. The van der Waals surface area contributed by atoms with Gasteiger partial charge in [-0.3, -0.25) is 4.79 Å². The van der Waals surface area contributed by atoms with Crippen molar-refractivity contribution in [2.45, 2.75) is 25.7 Å². The van der Waals surface area contributed by atoms with Crippen LogP contribution in [0, 0.1) is 0 Å². The van der Waals surface area contributed by atoms with Crippen LogP contribution in [0.4, 0.5) is 0 Å². The van der Waals surface area contributed by atoms with Crippen molar-refractivity contribution in [3.63, 3.8) is 0 Å². The highest BCUT2D eigenvalue weighted by Crippen LogP contribution is 2.47. The Morgan fingerprint density at radius 2 is 1.72 bits per heavy atom. The van der Waals surface area contributed by atoms with E-state index < -0.39 is 0 Å². The number of rotatable bonds is 3. The lowest BCUT2D eigenvalue weighted by molar-refractivity contribution is -0.120. The average Bonchev–Trinajstić information content (AvgIpc) is 2.40. The molecule has 2 rings (SSSR count). The Morgan fingerprint density at radius 1 is 1.06 bits per heavy atom. The molecule has 4 nitrogen and oxygen atoms in total. The van der Waals surface area contributed by atoms with E-state index in [-0.39, 0.29) is 11.7 Å². The molecule has 1 aliphatic rings. The molecule has 1 atom stereocenters. The number of hydrogen-bond acceptors (Lipinski definition) is 4. The van der Waals surface area contributed by atoms with Crippen LogP contribution in [-0.4, -0.2) is 27.1 Å². The standard InChI is InChI=1S/C14H18O4/c1-8-10(15)6-5-9-7-11(16-2)13(17-3)14(18-4)12(8)9/h7-8H,5-6H2,1-4H3. The smallest absolute Gasteiger partial charge is 0.203 e. The van der Waals surface area contributed by atoms with E-state index in [9.17, 15) is 4.79 Å². The van der Waals surface area contributed by atoms with Crippen molar-refractivity contribution in [3.05, 3.63) is 17.2 Å². The van der Waals surface area contributed by atoms with Crippen LogP contribution in [0.5, 0.6) is 17.2 Å². The van der Waals surface area contributed by atoms with Gasteiger partial charge in [0.05, 0.1) is 21.3 Å². The van der Waals surface area contributed by atoms with E-state index in [2.05, 4.69) is 0 Å². The van der Waals surface area contributed by atoms with Crippen LogP contribution >= 0.6 is 0 Å². The molecule has 0 spiro atoms. The molecule has 1 unspecified atom stereocenters. The Balaban J connectivity index is 2.69. The third kappa shape index (κ3) is 1.82. The Kier molecular flexibility index (Phi) is 3.45. The zero-order chi connectivity index (χ0) is 13.3. The summed E-state index contributed by atoms with van der Waals surface area (Å²) in [5.41, 5.74) is 2.04. The highest BCUT2D eigenvalue weighted by molar-refractivity contribution is 5.89. The lowest BCUT2D eigenvalue weighted by atomic mass is 9.82. The summed E-state index contributed by atoms with van der Waals surface area (Å²) in [7, 11) is 4.76. The van der Waals surface area contributed by atoms with Crippen LogP contribution in [0.1, 0.15) is 30.4 Å². The van der Waals surface area contributed by atoms with Gasteiger partial charge < -0.3 is 14.2 Å². The fraction of sp³-hybridized carbons (Fsp3) is 0.500. The van der Waals surface area contributed by atoms with Crippen molar-refractivity contribution >= 4 is 5.78 Å². The highest BCUT2D eigenvalue weighted by atomic mass is 16.5. The minimum Gasteiger partial charge on any atom is -0.493 e. The van der Waals surface area contributed by atoms with E-state index in [0.717, 1.165) is 17.5 Å². The van der Waals surface area contributed by atoms with Crippen LogP contribution in [0.25, 0.3) is 0 Å². The van der Waals surface area contributed by atoms with E-state index in [4.69, 9.17) is 14.2 Å². The topological polar surface area (TPSA) is 44.8 Å². The Hall–Kier alpha value is -1.71. The molecule has 0 saturated heterocycles. The minimum atomic E-state index is -0.150. The van der Waals surface area contributed by atoms with Gasteiger partial charge in [-0.1, -0.05) is 6.92 Å². The monoisotopic (exact) mass is 250 g/mol. The van der Waals surface area contributed by atoms with Crippen molar-refractivity contribution in [1.82, 2.24) is 0 Å². The number of Topliss-reactive ketones (excluding diaryl/α,β-unsaturated/α-hetero) is 1. The number of hydrogen-bond donors (Lipinski definition) is 0. The number of carbonyl (C=O) groups is 1. The third-order valence-electron chi connectivity index (χ3n) is 3.51. The van der Waals surface area contributed by atoms with Crippen molar-refractivity contribution in [3.8, 4) is 17.2 Å². The van der Waals surface area contributed by atoms with E-state index in [1.54, 1.807) is 21.3 Å². The number of ether oxygens (including phenoxy) is 3. The van der Waals surface area contributed by atoms with Gasteiger partial charge in [0, 0.05) is 17.9 Å². The number of fused-ring (bicyclic) bond motifs is 1. The van der Waals surface area contributed by atoms with Gasteiger partial charge in [0.1, 0.15) is 5.78 Å². The number of methoxy groups -OCH3 is 3. The molecule has 0 amide bonds. The molecular formula is C14H18O4. The Labute approximate surface area is 107 Å². The molecule has 4 heteroatoms. The Bertz CT molecular complexity index is 479. The molecular weight excluding hydrogens is 232 g/mol. The molecule has 0 radical (unpaired) electrons. The zero-order valence-corrected chi connectivity index (χ0v) is 11.2. The highest BCUT2D eigenvalue weighted by Gasteiger charge is 2.31. The quantitative estimate of drug-likeness (QED) is 0.826. The van der Waals surface area contributed by atoms with Gasteiger partial charge in [-0.05, 0) is 18.1 Å². The van der Waals surface area contributed by atoms with Crippen LogP contribution < -0.4 is 14.2 Å². The van der Waals surface area contributed by atoms with Crippen LogP contribution in [0.15, 0.2) is 6.07 Å². The molecule has 0 fully saturated rings. The maximum atomic E-state index is 11.9. The predicted octanol–water partition coefficient (Wildman–Crippen LogP) is 2.33. The zero-order valence-electron chi connectivity index (χ0n) is 11.2. The molecule has 0 heterocycles. The lowest BCUT2D eigenvalue weighted by Crippen LogP contribution is -2.19. The normalized spacial score (nSPS) is 18.2. The van der Waals surface area contributed by atoms with E-state index in [1.165, 1.54) is 0 Å². The SMILES string of the molecule is COc1cc2c(c(OC)c1OC)C(C)C(=O)CC2. The van der Waals surface area contributed by atoms with Crippen molar-refractivity contribution in [1.29, 1.82) is 0 Å². The van der Waals surface area contributed by atoms with Gasteiger partial charge in [0.2, 0.25) is 5.75 Å². The summed E-state index contributed by atoms with van der Waals surface area (Å²) in [4.78, 5) is 11.9. The van der Waals surface area contributed by atoms with E-state index in [0.29, 0.717) is 23.7 Å². The molecule has 0 bridgehead atoms. The van der Waals surface area contributed by atoms with Gasteiger partial charge in [0.25, 0.3) is 0 Å². The number of benzene rings is 1. The van der Waals surface area contributed by atoms with E-state index in [1.807, 2.05) is 13.0 Å². The molecule has 18 heavy (non-hydrogen) atoms. The van der Waals surface area contributed by atoms with E-state index >= 15 is 0 Å². The largest absolute Gasteiger partial charge is 0.493 e. The van der Waals surface area contributed by atoms with Gasteiger partial charge >= 0.3 is 0 Å². The van der Waals surface area contributed by atoms with Crippen molar-refractivity contribution < 1.29 is 19.0 Å². The summed E-state index contributed by atoms with van der Waals surface area (Å²) in [6.07, 6.45) is 1.31. The molecule has 0 aliphatic heterocycles. The summed E-state index contributed by atoms with van der Waals surface area (Å²) in [5, 5.41) is 0. The fourth-order valence-corrected chi connectivity index (χ4v) is 2.55. The van der Waals surface area contributed by atoms with Crippen LogP contribution in [0.2, 0.25) is 0 Å². The summed E-state index contributed by atoms with van der Waals surface area (Å²) < 4.78 is 16.1. The first-order chi connectivity index (χ1) is 8.63. The first-order valence-electron chi connectivity index (χ1n) is 5.98. The number of ketones is 1. The molecule has 1 aliphatic carbocycles. The maximum Gasteiger partial charge on any atom is 0.203 e. The van der Waals surface area contributed by atoms with Gasteiger partial charge in [-0.2, -0.15) is 0 Å². The molecule has 1 aromatic rings. The second-order valence-electron chi connectivity index (χ2n) is 4.41.